The molecule has 0 fully saturated rings. The topological polar surface area (TPSA) is 24.4 Å². The summed E-state index contributed by atoms with van der Waals surface area (Å²) >= 11 is 0. The van der Waals surface area contributed by atoms with E-state index in [0.29, 0.717) is 0 Å². The average molecular weight is 162 g/mol. The van der Waals surface area contributed by atoms with Crippen LogP contribution in [0.15, 0.2) is 35.1 Å². The van der Waals surface area contributed by atoms with Crippen molar-refractivity contribution in [2.24, 2.45) is 10.5 Å². The molecule has 2 heteroatoms. The number of hydrogen-bond acceptors (Lipinski definition) is 2. The van der Waals surface area contributed by atoms with Crippen LogP contribution in [0.2, 0.25) is 0 Å². The van der Waals surface area contributed by atoms with Crippen LogP contribution in [0.5, 0.6) is 0 Å². The van der Waals surface area contributed by atoms with E-state index < -0.39 is 0 Å². The minimum absolute atomic E-state index is 0.0971. The molecule has 0 unspecified atom stereocenters. The fourth-order valence-corrected chi connectivity index (χ4v) is 0.862. The molecular formula is C10H14N2. The number of rotatable bonds is 1. The van der Waals surface area contributed by atoms with Gasteiger partial charge in [0.25, 0.3) is 0 Å². The molecule has 0 bridgehead atoms. The van der Waals surface area contributed by atoms with Crippen LogP contribution in [0.25, 0.3) is 0 Å². The van der Waals surface area contributed by atoms with Gasteiger partial charge < -0.3 is 0 Å². The quantitative estimate of drug-likeness (QED) is 0.628. The molecule has 0 aromatic heterocycles. The molecule has 0 saturated heterocycles. The van der Waals surface area contributed by atoms with Gasteiger partial charge in [0.05, 0.1) is 0 Å². The van der Waals surface area contributed by atoms with Gasteiger partial charge in [-0.3, -0.25) is 5.43 Å². The zero-order valence-electron chi connectivity index (χ0n) is 7.81. The van der Waals surface area contributed by atoms with Gasteiger partial charge in [-0.05, 0) is 6.08 Å². The second-order valence-electron chi connectivity index (χ2n) is 3.80. The van der Waals surface area contributed by atoms with Gasteiger partial charge in [-0.2, -0.15) is 0 Å². The van der Waals surface area contributed by atoms with Crippen molar-refractivity contribution < 1.29 is 0 Å². The summed E-state index contributed by atoms with van der Waals surface area (Å²) in [6, 6.07) is 0. The fourth-order valence-electron chi connectivity index (χ4n) is 0.862. The lowest BCUT2D eigenvalue weighted by atomic mass is 9.91. The molecule has 0 aromatic rings. The summed E-state index contributed by atoms with van der Waals surface area (Å²) in [5.41, 5.74) is 5.05. The zero-order valence-corrected chi connectivity index (χ0v) is 7.81. The van der Waals surface area contributed by atoms with Crippen molar-refractivity contribution in [3.05, 3.63) is 30.0 Å². The van der Waals surface area contributed by atoms with Crippen LogP contribution >= 0.6 is 0 Å². The number of allylic oxidation sites excluding steroid dienone is 4. The summed E-state index contributed by atoms with van der Waals surface area (Å²) in [5.74, 6) is 2.81. The van der Waals surface area contributed by atoms with Crippen LogP contribution < -0.4 is 5.43 Å². The Bertz CT molecular complexity index is 283. The van der Waals surface area contributed by atoms with E-state index in [2.05, 4.69) is 43.7 Å². The minimum Gasteiger partial charge on any atom is -0.274 e. The molecule has 12 heavy (non-hydrogen) atoms. The van der Waals surface area contributed by atoms with Gasteiger partial charge >= 0.3 is 0 Å². The molecule has 1 aliphatic rings. The minimum atomic E-state index is 0.0971. The summed E-state index contributed by atoms with van der Waals surface area (Å²) in [4.78, 5) is 0. The molecule has 0 amide bonds. The number of nitrogens with zero attached hydrogens (tertiary/aromatic N) is 1. The monoisotopic (exact) mass is 162 g/mol. The van der Waals surface area contributed by atoms with Crippen molar-refractivity contribution in [2.75, 3.05) is 0 Å². The molecule has 1 aliphatic heterocycles. The van der Waals surface area contributed by atoms with Crippen molar-refractivity contribution in [2.45, 2.75) is 20.8 Å². The van der Waals surface area contributed by atoms with Crippen molar-refractivity contribution in [1.82, 2.24) is 5.43 Å². The van der Waals surface area contributed by atoms with Crippen molar-refractivity contribution in [1.29, 1.82) is 0 Å². The van der Waals surface area contributed by atoms with E-state index in [1.54, 1.807) is 6.08 Å². The van der Waals surface area contributed by atoms with Gasteiger partial charge in [0.2, 0.25) is 0 Å². The van der Waals surface area contributed by atoms with Crippen molar-refractivity contribution in [3.8, 4) is 0 Å². The Labute approximate surface area is 73.4 Å². The van der Waals surface area contributed by atoms with E-state index in [0.717, 1.165) is 11.3 Å². The van der Waals surface area contributed by atoms with Gasteiger partial charge in [-0.15, -0.1) is 5.10 Å². The van der Waals surface area contributed by atoms with Crippen molar-refractivity contribution >= 4 is 5.87 Å². The van der Waals surface area contributed by atoms with E-state index in [4.69, 9.17) is 0 Å². The highest BCUT2D eigenvalue weighted by atomic mass is 15.3. The maximum absolute atomic E-state index is 3.90. The zero-order chi connectivity index (χ0) is 9.19. The Morgan fingerprint density at radius 2 is 2.25 bits per heavy atom. The molecule has 0 spiro atoms. The smallest absolute Gasteiger partial charge is 0.0409 e. The molecule has 0 saturated carbocycles. The predicted molar refractivity (Wildman–Crippen MR) is 51.8 cm³/mol. The summed E-state index contributed by atoms with van der Waals surface area (Å²) in [6.45, 7) is 10.1. The van der Waals surface area contributed by atoms with Gasteiger partial charge in [0.1, 0.15) is 0 Å². The standard InChI is InChI=1S/C10H14N2/c1-5-8-6-9(10(2,3)4)12-11-7-8/h5-6,12H,1H2,2-4H3. The summed E-state index contributed by atoms with van der Waals surface area (Å²) in [5, 5.41) is 3.90. The second-order valence-corrected chi connectivity index (χ2v) is 3.80. The molecule has 0 aromatic carbocycles. The molecule has 2 nitrogen and oxygen atoms in total. The van der Waals surface area contributed by atoms with Crippen LogP contribution in [0.3, 0.4) is 0 Å². The van der Waals surface area contributed by atoms with Gasteiger partial charge in [-0.1, -0.05) is 33.4 Å². The first-order valence-corrected chi connectivity index (χ1v) is 3.97. The second kappa shape index (κ2) is 3.00. The first kappa shape index (κ1) is 8.82. The molecule has 1 heterocycles. The van der Waals surface area contributed by atoms with E-state index in [1.165, 1.54) is 0 Å². The Balaban J connectivity index is 2.95. The molecule has 1 rings (SSSR count). The van der Waals surface area contributed by atoms with Crippen molar-refractivity contribution in [3.63, 3.8) is 0 Å². The highest BCUT2D eigenvalue weighted by Gasteiger charge is 2.17. The number of hydrazone groups is 1. The molecular weight excluding hydrogens is 148 g/mol. The van der Waals surface area contributed by atoms with Crippen LogP contribution in [-0.4, -0.2) is 5.87 Å². The molecule has 0 radical (unpaired) electrons. The SMILES string of the molecule is C=CC1=C=NNC(C(C)(C)C)=C1. The first-order chi connectivity index (χ1) is 5.54. The Morgan fingerprint density at radius 3 is 2.75 bits per heavy atom. The van der Waals surface area contributed by atoms with Gasteiger partial charge in [0, 0.05) is 22.6 Å². The third kappa shape index (κ3) is 1.86. The molecule has 64 valence electrons. The van der Waals surface area contributed by atoms with Gasteiger partial charge in [-0.25, -0.2) is 0 Å². The summed E-state index contributed by atoms with van der Waals surface area (Å²) in [6.07, 6.45) is 3.76. The molecule has 1 N–H and O–H groups in total. The van der Waals surface area contributed by atoms with Crippen LogP contribution in [0.1, 0.15) is 20.8 Å². The highest BCUT2D eigenvalue weighted by Crippen LogP contribution is 2.24. The number of hydrogen-bond donors (Lipinski definition) is 1. The third-order valence-electron chi connectivity index (χ3n) is 1.69. The van der Waals surface area contributed by atoms with Crippen LogP contribution in [-0.2, 0) is 0 Å². The summed E-state index contributed by atoms with van der Waals surface area (Å²) < 4.78 is 0. The van der Waals surface area contributed by atoms with Gasteiger partial charge in [0.15, 0.2) is 0 Å². The normalized spacial score (nSPS) is 16.2. The van der Waals surface area contributed by atoms with Crippen LogP contribution in [0.4, 0.5) is 0 Å². The Morgan fingerprint density at radius 1 is 1.58 bits per heavy atom. The maximum Gasteiger partial charge on any atom is 0.0409 e. The van der Waals surface area contributed by atoms with E-state index in [-0.39, 0.29) is 5.41 Å². The highest BCUT2D eigenvalue weighted by molar-refractivity contribution is 5.67. The number of nitrogens with one attached hydrogen (secondary N) is 1. The molecule has 0 atom stereocenters. The third-order valence-corrected chi connectivity index (χ3v) is 1.69. The molecule has 0 aliphatic carbocycles. The predicted octanol–water partition coefficient (Wildman–Crippen LogP) is 2.22. The van der Waals surface area contributed by atoms with E-state index >= 15 is 0 Å². The summed E-state index contributed by atoms with van der Waals surface area (Å²) in [7, 11) is 0. The lowest BCUT2D eigenvalue weighted by molar-refractivity contribution is 0.464. The van der Waals surface area contributed by atoms with Crippen LogP contribution in [0, 0.1) is 5.41 Å². The lowest BCUT2D eigenvalue weighted by Gasteiger charge is -2.23. The fraction of sp³-hybridized carbons (Fsp3) is 0.400. The Hall–Kier alpha value is -1.27. The first-order valence-electron chi connectivity index (χ1n) is 3.97. The average Bonchev–Trinajstić information content (AvgIpc) is 2.03. The lowest BCUT2D eigenvalue weighted by Crippen LogP contribution is -2.22. The largest absolute Gasteiger partial charge is 0.274 e. The Kier molecular flexibility index (Phi) is 2.20. The van der Waals surface area contributed by atoms with E-state index in [1.807, 2.05) is 6.08 Å². The maximum atomic E-state index is 3.90. The van der Waals surface area contributed by atoms with E-state index in [9.17, 15) is 0 Å².